The molecule has 1 aliphatic rings. The molecule has 146 valence electrons. The molecule has 1 unspecified atom stereocenters. The lowest BCUT2D eigenvalue weighted by Gasteiger charge is -2.22. The van der Waals surface area contributed by atoms with Gasteiger partial charge >= 0.3 is 6.18 Å². The highest BCUT2D eigenvalue weighted by Gasteiger charge is 2.31. The summed E-state index contributed by atoms with van der Waals surface area (Å²) in [7, 11) is -4.20. The van der Waals surface area contributed by atoms with Crippen LogP contribution in [0, 0.1) is 5.92 Å². The zero-order valence-corrected chi connectivity index (χ0v) is 14.9. The van der Waals surface area contributed by atoms with Gasteiger partial charge < -0.3 is 10.6 Å². The molecule has 1 fully saturated rings. The SMILES string of the molecule is O=C(CNS(=O)(=O)c1cccc(C(F)(F)F)c1)NCCC1CCCNC1. The second-order valence-corrected chi connectivity index (χ2v) is 7.97. The van der Waals surface area contributed by atoms with Crippen molar-refractivity contribution in [3.63, 3.8) is 0 Å². The summed E-state index contributed by atoms with van der Waals surface area (Å²) in [6, 6.07) is 3.38. The second-order valence-electron chi connectivity index (χ2n) is 6.20. The van der Waals surface area contributed by atoms with Crippen molar-refractivity contribution in [2.75, 3.05) is 26.2 Å². The monoisotopic (exact) mass is 393 g/mol. The molecule has 0 bridgehead atoms. The summed E-state index contributed by atoms with van der Waals surface area (Å²) in [6.07, 6.45) is -1.67. The number of carbonyl (C=O) groups excluding carboxylic acids is 1. The molecule has 1 aromatic rings. The lowest BCUT2D eigenvalue weighted by atomic mass is 9.96. The van der Waals surface area contributed by atoms with Crippen molar-refractivity contribution in [2.45, 2.75) is 30.3 Å². The van der Waals surface area contributed by atoms with Crippen LogP contribution in [-0.2, 0) is 21.0 Å². The molecule has 2 rings (SSSR count). The van der Waals surface area contributed by atoms with Crippen molar-refractivity contribution >= 4 is 15.9 Å². The summed E-state index contributed by atoms with van der Waals surface area (Å²) in [4.78, 5) is 11.2. The summed E-state index contributed by atoms with van der Waals surface area (Å²) in [6.45, 7) is 1.80. The van der Waals surface area contributed by atoms with Gasteiger partial charge in [0.05, 0.1) is 17.0 Å². The maximum absolute atomic E-state index is 12.7. The average Bonchev–Trinajstić information content (AvgIpc) is 2.60. The fourth-order valence-electron chi connectivity index (χ4n) is 2.73. The molecule has 1 heterocycles. The molecule has 0 radical (unpaired) electrons. The lowest BCUT2D eigenvalue weighted by molar-refractivity contribution is -0.137. The molecule has 1 aromatic carbocycles. The Bertz CT molecular complexity index is 717. The number of hydrogen-bond acceptors (Lipinski definition) is 4. The summed E-state index contributed by atoms with van der Waals surface area (Å²) in [5, 5.41) is 5.88. The summed E-state index contributed by atoms with van der Waals surface area (Å²) >= 11 is 0. The zero-order valence-electron chi connectivity index (χ0n) is 14.1. The topological polar surface area (TPSA) is 87.3 Å². The van der Waals surface area contributed by atoms with Gasteiger partial charge in [-0.2, -0.15) is 13.2 Å². The number of sulfonamides is 1. The Labute approximate surface area is 150 Å². The van der Waals surface area contributed by atoms with Crippen LogP contribution in [0.25, 0.3) is 0 Å². The highest BCUT2D eigenvalue weighted by atomic mass is 32.2. The summed E-state index contributed by atoms with van der Waals surface area (Å²) in [5.41, 5.74) is -1.06. The molecule has 10 heteroatoms. The Morgan fingerprint density at radius 1 is 1.31 bits per heavy atom. The van der Waals surface area contributed by atoms with Gasteiger partial charge in [0.25, 0.3) is 0 Å². The number of nitrogens with one attached hydrogen (secondary N) is 3. The molecule has 26 heavy (non-hydrogen) atoms. The van der Waals surface area contributed by atoms with Crippen LogP contribution in [0.1, 0.15) is 24.8 Å². The Kier molecular flexibility index (Phi) is 7.01. The minimum absolute atomic E-state index is 0.427. The molecule has 0 aromatic heterocycles. The Balaban J connectivity index is 1.82. The molecule has 1 aliphatic heterocycles. The molecular formula is C16H22F3N3O3S. The van der Waals surface area contributed by atoms with Crippen LogP contribution in [0.2, 0.25) is 0 Å². The maximum atomic E-state index is 12.7. The van der Waals surface area contributed by atoms with Gasteiger partial charge in [-0.25, -0.2) is 13.1 Å². The van der Waals surface area contributed by atoms with Gasteiger partial charge in [-0.15, -0.1) is 0 Å². The highest BCUT2D eigenvalue weighted by Crippen LogP contribution is 2.30. The van der Waals surface area contributed by atoms with E-state index in [0.717, 1.165) is 50.6 Å². The van der Waals surface area contributed by atoms with Crippen LogP contribution < -0.4 is 15.4 Å². The molecule has 0 aliphatic carbocycles. The van der Waals surface area contributed by atoms with Gasteiger partial charge in [0.2, 0.25) is 15.9 Å². The van der Waals surface area contributed by atoms with E-state index in [-0.39, 0.29) is 0 Å². The number of carbonyl (C=O) groups is 1. The molecule has 1 atom stereocenters. The fraction of sp³-hybridized carbons (Fsp3) is 0.562. The van der Waals surface area contributed by atoms with E-state index in [0.29, 0.717) is 18.5 Å². The largest absolute Gasteiger partial charge is 0.416 e. The van der Waals surface area contributed by atoms with Crippen molar-refractivity contribution in [1.29, 1.82) is 0 Å². The van der Waals surface area contributed by atoms with E-state index in [1.165, 1.54) is 0 Å². The summed E-state index contributed by atoms with van der Waals surface area (Å²) in [5.74, 6) is -0.0461. The quantitative estimate of drug-likeness (QED) is 0.655. The van der Waals surface area contributed by atoms with E-state index in [9.17, 15) is 26.4 Å². The normalized spacial score (nSPS) is 18.5. The van der Waals surface area contributed by atoms with Crippen LogP contribution >= 0.6 is 0 Å². The van der Waals surface area contributed by atoms with Crippen LogP contribution in [0.5, 0.6) is 0 Å². The molecule has 3 N–H and O–H groups in total. The number of halogens is 3. The minimum Gasteiger partial charge on any atom is -0.355 e. The van der Waals surface area contributed by atoms with E-state index in [4.69, 9.17) is 0 Å². The van der Waals surface area contributed by atoms with E-state index in [1.54, 1.807) is 0 Å². The number of rotatable bonds is 7. The van der Waals surface area contributed by atoms with Gasteiger partial charge in [0, 0.05) is 6.54 Å². The van der Waals surface area contributed by atoms with E-state index < -0.39 is 39.1 Å². The third-order valence-electron chi connectivity index (χ3n) is 4.17. The second kappa shape index (κ2) is 8.83. The first-order chi connectivity index (χ1) is 12.2. The van der Waals surface area contributed by atoms with E-state index >= 15 is 0 Å². The van der Waals surface area contributed by atoms with Gasteiger partial charge in [-0.3, -0.25) is 4.79 Å². The van der Waals surface area contributed by atoms with Crippen molar-refractivity contribution in [1.82, 2.24) is 15.4 Å². The lowest BCUT2D eigenvalue weighted by Crippen LogP contribution is -2.38. The highest BCUT2D eigenvalue weighted by molar-refractivity contribution is 7.89. The molecule has 0 saturated carbocycles. The Morgan fingerprint density at radius 2 is 2.08 bits per heavy atom. The molecule has 0 spiro atoms. The third kappa shape index (κ3) is 6.26. The smallest absolute Gasteiger partial charge is 0.355 e. The fourth-order valence-corrected chi connectivity index (χ4v) is 3.76. The maximum Gasteiger partial charge on any atom is 0.416 e. The van der Waals surface area contributed by atoms with Gasteiger partial charge in [0.15, 0.2) is 0 Å². The molecular weight excluding hydrogens is 371 g/mol. The van der Waals surface area contributed by atoms with E-state index in [2.05, 4.69) is 10.6 Å². The number of alkyl halides is 3. The first kappa shape index (κ1) is 20.7. The van der Waals surface area contributed by atoms with Crippen molar-refractivity contribution in [3.8, 4) is 0 Å². The van der Waals surface area contributed by atoms with Crippen LogP contribution in [0.15, 0.2) is 29.2 Å². The number of benzene rings is 1. The minimum atomic E-state index is -4.64. The van der Waals surface area contributed by atoms with Gasteiger partial charge in [-0.05, 0) is 56.5 Å². The predicted molar refractivity (Wildman–Crippen MR) is 89.9 cm³/mol. The molecule has 1 amide bonds. The predicted octanol–water partition coefficient (Wildman–Crippen LogP) is 1.49. The molecule has 1 saturated heterocycles. The summed E-state index contributed by atoms with van der Waals surface area (Å²) < 4.78 is 64.2. The van der Waals surface area contributed by atoms with Crippen molar-refractivity contribution in [2.24, 2.45) is 5.92 Å². The standard InChI is InChI=1S/C16H22F3N3O3S/c17-16(18,19)13-4-1-5-14(9-13)26(24,25)22-11-15(23)21-8-6-12-3-2-7-20-10-12/h1,4-5,9,12,20,22H,2-3,6-8,10-11H2,(H,21,23). The first-order valence-corrected chi connectivity index (χ1v) is 9.81. The van der Waals surface area contributed by atoms with Crippen molar-refractivity contribution < 1.29 is 26.4 Å². The zero-order chi connectivity index (χ0) is 19.2. The number of amides is 1. The average molecular weight is 393 g/mol. The number of piperidine rings is 1. The van der Waals surface area contributed by atoms with Crippen LogP contribution in [0.4, 0.5) is 13.2 Å². The van der Waals surface area contributed by atoms with Crippen LogP contribution in [0.3, 0.4) is 0 Å². The Hall–Kier alpha value is -1.65. The van der Waals surface area contributed by atoms with Gasteiger partial charge in [-0.1, -0.05) is 6.07 Å². The Morgan fingerprint density at radius 3 is 2.73 bits per heavy atom. The van der Waals surface area contributed by atoms with Gasteiger partial charge in [0.1, 0.15) is 0 Å². The van der Waals surface area contributed by atoms with E-state index in [1.807, 2.05) is 4.72 Å². The first-order valence-electron chi connectivity index (χ1n) is 8.33. The van der Waals surface area contributed by atoms with Crippen molar-refractivity contribution in [3.05, 3.63) is 29.8 Å². The third-order valence-corrected chi connectivity index (χ3v) is 5.57. The van der Waals surface area contributed by atoms with Crippen LogP contribution in [-0.4, -0.2) is 40.5 Å². The number of hydrogen-bond donors (Lipinski definition) is 3. The molecule has 6 nitrogen and oxygen atoms in total.